The molecule has 1 fully saturated rings. The molecule has 8 heteroatoms. The second-order valence-electron chi connectivity index (χ2n) is 8.81. The van der Waals surface area contributed by atoms with E-state index in [1.165, 1.54) is 0 Å². The zero-order chi connectivity index (χ0) is 23.4. The van der Waals surface area contributed by atoms with Gasteiger partial charge in [-0.25, -0.2) is 18.2 Å². The van der Waals surface area contributed by atoms with E-state index in [9.17, 15) is 13.2 Å². The predicted octanol–water partition coefficient (Wildman–Crippen LogP) is 3.99. The van der Waals surface area contributed by atoms with Gasteiger partial charge in [0.25, 0.3) is 0 Å². The maximum atomic E-state index is 13.4. The van der Waals surface area contributed by atoms with Gasteiger partial charge in [0.15, 0.2) is 0 Å². The first-order valence-electron chi connectivity index (χ1n) is 11.3. The van der Waals surface area contributed by atoms with Crippen LogP contribution in [0.1, 0.15) is 43.5 Å². The number of urea groups is 1. The van der Waals surface area contributed by atoms with E-state index in [0.717, 1.165) is 18.4 Å². The predicted molar refractivity (Wildman–Crippen MR) is 127 cm³/mol. The van der Waals surface area contributed by atoms with Crippen LogP contribution in [0.5, 0.6) is 0 Å². The zero-order valence-electron chi connectivity index (χ0n) is 19.0. The molecular weight excluding hydrogens is 436 g/mol. The molecule has 0 saturated heterocycles. The van der Waals surface area contributed by atoms with E-state index >= 15 is 0 Å². The van der Waals surface area contributed by atoms with Crippen molar-refractivity contribution < 1.29 is 13.2 Å². The molecule has 33 heavy (non-hydrogen) atoms. The molecule has 4 rings (SSSR count). The molecule has 0 radical (unpaired) electrons. The highest BCUT2D eigenvalue weighted by atomic mass is 32.2. The average molecular weight is 467 g/mol. The summed E-state index contributed by atoms with van der Waals surface area (Å²) in [6.07, 6.45) is 3.51. The Morgan fingerprint density at radius 2 is 1.67 bits per heavy atom. The first kappa shape index (κ1) is 23.0. The molecule has 0 spiro atoms. The second kappa shape index (κ2) is 9.79. The number of imidazole rings is 1. The number of rotatable bonds is 9. The summed E-state index contributed by atoms with van der Waals surface area (Å²) in [6.45, 7) is 4.53. The van der Waals surface area contributed by atoms with Gasteiger partial charge in [0.1, 0.15) is 0 Å². The van der Waals surface area contributed by atoms with Crippen molar-refractivity contribution in [1.29, 1.82) is 0 Å². The van der Waals surface area contributed by atoms with Crippen LogP contribution in [0.15, 0.2) is 72.0 Å². The first-order valence-corrected chi connectivity index (χ1v) is 12.9. The van der Waals surface area contributed by atoms with Gasteiger partial charge >= 0.3 is 6.03 Å². The van der Waals surface area contributed by atoms with Crippen LogP contribution >= 0.6 is 0 Å². The van der Waals surface area contributed by atoms with Crippen LogP contribution in [-0.2, 0) is 28.7 Å². The fourth-order valence-corrected chi connectivity index (χ4v) is 5.31. The number of carbonyl (C=O) groups is 1. The van der Waals surface area contributed by atoms with E-state index in [1.807, 2.05) is 62.4 Å². The molecule has 1 saturated carbocycles. The Balaban J connectivity index is 1.68. The lowest BCUT2D eigenvalue weighted by atomic mass is 10.2. The fourth-order valence-electron chi connectivity index (χ4n) is 3.82. The molecular formula is C25H30N4O3S. The van der Waals surface area contributed by atoms with Gasteiger partial charge in [-0.2, -0.15) is 0 Å². The molecule has 1 heterocycles. The molecule has 2 amide bonds. The third kappa shape index (κ3) is 5.82. The molecule has 1 aromatic heterocycles. The minimum absolute atomic E-state index is 0.0230. The van der Waals surface area contributed by atoms with Gasteiger partial charge in [0.2, 0.25) is 15.0 Å². The number of hydrogen-bond acceptors (Lipinski definition) is 4. The minimum atomic E-state index is -3.69. The SMILES string of the molecule is CC(C)NC(=O)N(Cc1cnc(S(=O)(=O)Cc2ccccc2)n1Cc1ccccc1)C1CC1. The van der Waals surface area contributed by atoms with Crippen molar-refractivity contribution in [2.45, 2.75) is 62.8 Å². The highest BCUT2D eigenvalue weighted by Crippen LogP contribution is 2.29. The molecule has 0 unspecified atom stereocenters. The number of amides is 2. The molecule has 1 aliphatic rings. The molecule has 1 aliphatic carbocycles. The Hall–Kier alpha value is -3.13. The summed E-state index contributed by atoms with van der Waals surface area (Å²) in [5.41, 5.74) is 2.39. The molecule has 7 nitrogen and oxygen atoms in total. The normalized spacial score (nSPS) is 13.8. The lowest BCUT2D eigenvalue weighted by molar-refractivity contribution is 0.188. The molecule has 2 aromatic carbocycles. The number of aromatic nitrogens is 2. The van der Waals surface area contributed by atoms with E-state index in [-0.39, 0.29) is 29.0 Å². The van der Waals surface area contributed by atoms with E-state index in [2.05, 4.69) is 10.3 Å². The summed E-state index contributed by atoms with van der Waals surface area (Å²) in [5, 5.41) is 2.99. The molecule has 174 valence electrons. The molecule has 0 aliphatic heterocycles. The monoisotopic (exact) mass is 466 g/mol. The maximum absolute atomic E-state index is 13.4. The Kier molecular flexibility index (Phi) is 6.83. The highest BCUT2D eigenvalue weighted by Gasteiger charge is 2.34. The summed E-state index contributed by atoms with van der Waals surface area (Å²) in [5.74, 6) is -0.126. The third-order valence-corrected chi connectivity index (χ3v) is 7.15. The van der Waals surface area contributed by atoms with Crippen molar-refractivity contribution in [3.05, 3.63) is 83.7 Å². The lowest BCUT2D eigenvalue weighted by Crippen LogP contribution is -2.44. The second-order valence-corrected chi connectivity index (χ2v) is 10.7. The number of sulfone groups is 1. The quantitative estimate of drug-likeness (QED) is 0.517. The number of benzene rings is 2. The Morgan fingerprint density at radius 3 is 2.24 bits per heavy atom. The highest BCUT2D eigenvalue weighted by molar-refractivity contribution is 7.90. The van der Waals surface area contributed by atoms with Crippen LogP contribution in [0.25, 0.3) is 0 Å². The van der Waals surface area contributed by atoms with Crippen molar-refractivity contribution in [3.8, 4) is 0 Å². The van der Waals surface area contributed by atoms with Gasteiger partial charge in [-0.1, -0.05) is 60.7 Å². The number of hydrogen-bond donors (Lipinski definition) is 1. The summed E-state index contributed by atoms with van der Waals surface area (Å²) in [4.78, 5) is 19.0. The van der Waals surface area contributed by atoms with Crippen LogP contribution < -0.4 is 5.32 Å². The van der Waals surface area contributed by atoms with Crippen molar-refractivity contribution >= 4 is 15.9 Å². The van der Waals surface area contributed by atoms with E-state index in [0.29, 0.717) is 24.3 Å². The summed E-state index contributed by atoms with van der Waals surface area (Å²) < 4.78 is 28.5. The van der Waals surface area contributed by atoms with E-state index < -0.39 is 9.84 Å². The van der Waals surface area contributed by atoms with Crippen molar-refractivity contribution in [2.75, 3.05) is 0 Å². The maximum Gasteiger partial charge on any atom is 0.318 e. The van der Waals surface area contributed by atoms with Crippen LogP contribution in [0.3, 0.4) is 0 Å². The van der Waals surface area contributed by atoms with Crippen molar-refractivity contribution in [3.63, 3.8) is 0 Å². The van der Waals surface area contributed by atoms with Crippen LogP contribution in [0.2, 0.25) is 0 Å². The third-order valence-electron chi connectivity index (χ3n) is 5.56. The van der Waals surface area contributed by atoms with Crippen LogP contribution in [0, 0.1) is 0 Å². The summed E-state index contributed by atoms with van der Waals surface area (Å²) in [7, 11) is -3.69. The fraction of sp³-hybridized carbons (Fsp3) is 0.360. The molecule has 1 N–H and O–H groups in total. The van der Waals surface area contributed by atoms with Gasteiger partial charge in [0, 0.05) is 12.1 Å². The van der Waals surface area contributed by atoms with Gasteiger partial charge < -0.3 is 14.8 Å². The van der Waals surface area contributed by atoms with Crippen LogP contribution in [0.4, 0.5) is 4.79 Å². The summed E-state index contributed by atoms with van der Waals surface area (Å²) in [6, 6.07) is 18.9. The molecule has 0 atom stereocenters. The van der Waals surface area contributed by atoms with Gasteiger partial charge in [-0.05, 0) is 37.8 Å². The van der Waals surface area contributed by atoms with Crippen LogP contribution in [-0.4, -0.2) is 41.0 Å². The number of carbonyl (C=O) groups excluding carboxylic acids is 1. The topological polar surface area (TPSA) is 84.3 Å². The lowest BCUT2D eigenvalue weighted by Gasteiger charge is -2.25. The molecule has 0 bridgehead atoms. The Bertz CT molecular complexity index is 1190. The molecule has 3 aromatic rings. The zero-order valence-corrected chi connectivity index (χ0v) is 19.8. The van der Waals surface area contributed by atoms with E-state index in [1.54, 1.807) is 27.8 Å². The van der Waals surface area contributed by atoms with Gasteiger partial charge in [-0.15, -0.1) is 0 Å². The van der Waals surface area contributed by atoms with E-state index in [4.69, 9.17) is 0 Å². The van der Waals surface area contributed by atoms with Gasteiger partial charge in [0.05, 0.1) is 30.7 Å². The standard InChI is InChI=1S/C25H30N4O3S/c1-19(2)27-24(30)28(22-13-14-22)17-23-15-26-25(29(23)16-20-9-5-3-6-10-20)33(31,32)18-21-11-7-4-8-12-21/h3-12,15,19,22H,13-14,16-18H2,1-2H3,(H,27,30). The first-order chi connectivity index (χ1) is 15.8. The van der Waals surface area contributed by atoms with Gasteiger partial charge in [-0.3, -0.25) is 0 Å². The Labute approximate surface area is 195 Å². The summed E-state index contributed by atoms with van der Waals surface area (Å²) >= 11 is 0. The smallest absolute Gasteiger partial charge is 0.318 e. The minimum Gasteiger partial charge on any atom is -0.336 e. The largest absolute Gasteiger partial charge is 0.336 e. The number of nitrogens with zero attached hydrogens (tertiary/aromatic N) is 3. The van der Waals surface area contributed by atoms with Crippen molar-refractivity contribution in [1.82, 2.24) is 19.8 Å². The number of nitrogens with one attached hydrogen (secondary N) is 1. The van der Waals surface area contributed by atoms with Crippen molar-refractivity contribution in [2.24, 2.45) is 0 Å². The Morgan fingerprint density at radius 1 is 1.06 bits per heavy atom. The average Bonchev–Trinajstić information content (AvgIpc) is 3.53.